The van der Waals surface area contributed by atoms with E-state index in [0.29, 0.717) is 6.61 Å². The lowest BCUT2D eigenvalue weighted by atomic mass is 10.1. The lowest BCUT2D eigenvalue weighted by Gasteiger charge is -2.17. The monoisotopic (exact) mass is 366 g/mol. The molecule has 0 saturated carbocycles. The highest BCUT2D eigenvalue weighted by molar-refractivity contribution is 5.99. The van der Waals surface area contributed by atoms with Gasteiger partial charge in [-0.3, -0.25) is 0 Å². The van der Waals surface area contributed by atoms with Gasteiger partial charge in [0, 0.05) is 12.2 Å². The maximum absolute atomic E-state index is 12.1. The first-order valence-electron chi connectivity index (χ1n) is 7.92. The third kappa shape index (κ3) is 5.17. The third-order valence-corrected chi connectivity index (χ3v) is 3.59. The van der Waals surface area contributed by atoms with Gasteiger partial charge in [-0.25, -0.2) is 14.4 Å². The summed E-state index contributed by atoms with van der Waals surface area (Å²) in [4.78, 5) is 35.6. The number of methoxy groups -OCH3 is 2. The zero-order valence-corrected chi connectivity index (χ0v) is 15.1. The van der Waals surface area contributed by atoms with Crippen LogP contribution in [0.1, 0.15) is 34.6 Å². The number of rotatable bonds is 5. The number of carbonyl (C=O) groups excluding carboxylic acids is 3. The molecule has 0 spiro atoms. The summed E-state index contributed by atoms with van der Waals surface area (Å²) in [5, 5.41) is 5.21. The van der Waals surface area contributed by atoms with Crippen molar-refractivity contribution in [3.05, 3.63) is 29.3 Å². The number of anilines is 1. The van der Waals surface area contributed by atoms with Crippen LogP contribution in [0.25, 0.3) is 0 Å². The molecule has 2 rings (SSSR count). The van der Waals surface area contributed by atoms with E-state index in [1.165, 1.54) is 32.4 Å². The fourth-order valence-electron chi connectivity index (χ4n) is 2.42. The Balaban J connectivity index is 2.03. The van der Waals surface area contributed by atoms with E-state index in [0.717, 1.165) is 0 Å². The number of carbonyl (C=O) groups is 3. The Morgan fingerprint density at radius 2 is 1.69 bits per heavy atom. The molecule has 2 amide bonds. The Morgan fingerprint density at radius 3 is 2.15 bits per heavy atom. The summed E-state index contributed by atoms with van der Waals surface area (Å²) in [6.07, 6.45) is -0.261. The molecule has 0 bridgehead atoms. The molecule has 2 N–H and O–H groups in total. The number of esters is 2. The predicted octanol–water partition coefficient (Wildman–Crippen LogP) is 1.53. The van der Waals surface area contributed by atoms with E-state index in [2.05, 4.69) is 20.1 Å². The molecule has 1 atom stereocenters. The van der Waals surface area contributed by atoms with Crippen LogP contribution in [0.4, 0.5) is 10.5 Å². The van der Waals surface area contributed by atoms with Gasteiger partial charge in [-0.2, -0.15) is 0 Å². The Morgan fingerprint density at radius 1 is 1.12 bits per heavy atom. The molecule has 1 aromatic carbocycles. The molecule has 26 heavy (non-hydrogen) atoms. The van der Waals surface area contributed by atoms with Gasteiger partial charge < -0.3 is 29.6 Å². The van der Waals surface area contributed by atoms with Crippen LogP contribution in [-0.4, -0.2) is 57.2 Å². The Bertz CT molecular complexity index is 668. The van der Waals surface area contributed by atoms with Crippen LogP contribution in [0, 0.1) is 0 Å². The number of benzene rings is 1. The van der Waals surface area contributed by atoms with Crippen LogP contribution in [-0.2, 0) is 18.9 Å². The number of hydrogen-bond acceptors (Lipinski definition) is 7. The molecule has 1 heterocycles. The Labute approximate surface area is 150 Å². The van der Waals surface area contributed by atoms with E-state index < -0.39 is 23.8 Å². The largest absolute Gasteiger partial charge is 0.465 e. The number of ether oxygens (including phenoxy) is 4. The van der Waals surface area contributed by atoms with Crippen molar-refractivity contribution in [1.29, 1.82) is 0 Å². The Kier molecular flexibility index (Phi) is 6.17. The summed E-state index contributed by atoms with van der Waals surface area (Å²) in [5.41, 5.74) is 0.467. The van der Waals surface area contributed by atoms with Gasteiger partial charge in [0.2, 0.25) is 0 Å². The van der Waals surface area contributed by atoms with Gasteiger partial charge in [0.15, 0.2) is 5.79 Å². The molecule has 142 valence electrons. The molecule has 1 unspecified atom stereocenters. The molecule has 1 aliphatic heterocycles. The summed E-state index contributed by atoms with van der Waals surface area (Å²) in [6.45, 7) is 4.20. The highest BCUT2D eigenvalue weighted by Gasteiger charge is 2.32. The van der Waals surface area contributed by atoms with Crippen molar-refractivity contribution in [2.75, 3.05) is 32.7 Å². The van der Waals surface area contributed by atoms with Gasteiger partial charge in [0.05, 0.1) is 32.0 Å². The number of nitrogens with one attached hydrogen (secondary N) is 2. The maximum Gasteiger partial charge on any atom is 0.337 e. The highest BCUT2D eigenvalue weighted by atomic mass is 16.7. The van der Waals surface area contributed by atoms with Crippen molar-refractivity contribution in [3.63, 3.8) is 0 Å². The van der Waals surface area contributed by atoms with Crippen molar-refractivity contribution in [2.45, 2.75) is 25.7 Å². The Hall–Kier alpha value is -2.65. The summed E-state index contributed by atoms with van der Waals surface area (Å²) in [6, 6.07) is 3.61. The second kappa shape index (κ2) is 8.15. The van der Waals surface area contributed by atoms with Crippen molar-refractivity contribution in [2.24, 2.45) is 0 Å². The van der Waals surface area contributed by atoms with Crippen molar-refractivity contribution in [1.82, 2.24) is 5.32 Å². The van der Waals surface area contributed by atoms with E-state index in [-0.39, 0.29) is 29.5 Å². The summed E-state index contributed by atoms with van der Waals surface area (Å²) >= 11 is 0. The minimum absolute atomic E-state index is 0.111. The minimum Gasteiger partial charge on any atom is -0.465 e. The lowest BCUT2D eigenvalue weighted by molar-refractivity contribution is -0.137. The normalized spacial score (nSPS) is 18.1. The second-order valence-corrected chi connectivity index (χ2v) is 6.07. The topological polar surface area (TPSA) is 112 Å². The molecule has 1 fully saturated rings. The van der Waals surface area contributed by atoms with Crippen LogP contribution in [0.2, 0.25) is 0 Å². The molecule has 0 radical (unpaired) electrons. The molecular formula is C17H22N2O7. The lowest BCUT2D eigenvalue weighted by Crippen LogP contribution is -2.37. The SMILES string of the molecule is COC(=O)c1cc(NC(=O)NCC2COC(C)(C)O2)cc(C(=O)OC)c1. The van der Waals surface area contributed by atoms with Gasteiger partial charge in [-0.15, -0.1) is 0 Å². The molecule has 0 aliphatic carbocycles. The molecule has 9 nitrogen and oxygen atoms in total. The summed E-state index contributed by atoms with van der Waals surface area (Å²) in [5.74, 6) is -1.96. The van der Waals surface area contributed by atoms with Gasteiger partial charge in [-0.05, 0) is 32.0 Å². The zero-order valence-electron chi connectivity index (χ0n) is 15.1. The van der Waals surface area contributed by atoms with E-state index >= 15 is 0 Å². The summed E-state index contributed by atoms with van der Waals surface area (Å²) in [7, 11) is 2.44. The number of urea groups is 1. The molecule has 9 heteroatoms. The molecule has 1 aliphatic rings. The fourth-order valence-corrected chi connectivity index (χ4v) is 2.42. The first-order valence-corrected chi connectivity index (χ1v) is 7.92. The van der Waals surface area contributed by atoms with Crippen molar-refractivity contribution < 1.29 is 33.3 Å². The average Bonchev–Trinajstić information content (AvgIpc) is 2.97. The average molecular weight is 366 g/mol. The number of amides is 2. The minimum atomic E-state index is -0.674. The fraction of sp³-hybridized carbons (Fsp3) is 0.471. The van der Waals surface area contributed by atoms with Crippen LogP contribution in [0.5, 0.6) is 0 Å². The first kappa shape index (κ1) is 19.7. The van der Waals surface area contributed by atoms with Crippen LogP contribution < -0.4 is 10.6 Å². The second-order valence-electron chi connectivity index (χ2n) is 6.07. The molecule has 0 aromatic heterocycles. The van der Waals surface area contributed by atoms with Crippen LogP contribution >= 0.6 is 0 Å². The highest BCUT2D eigenvalue weighted by Crippen LogP contribution is 2.22. The quantitative estimate of drug-likeness (QED) is 0.760. The van der Waals surface area contributed by atoms with E-state index in [1.54, 1.807) is 13.8 Å². The van der Waals surface area contributed by atoms with E-state index in [4.69, 9.17) is 9.47 Å². The van der Waals surface area contributed by atoms with Gasteiger partial charge >= 0.3 is 18.0 Å². The summed E-state index contributed by atoms with van der Waals surface area (Å²) < 4.78 is 20.3. The first-order chi connectivity index (χ1) is 12.2. The maximum atomic E-state index is 12.1. The van der Waals surface area contributed by atoms with Crippen molar-refractivity contribution >= 4 is 23.7 Å². The van der Waals surface area contributed by atoms with Crippen molar-refractivity contribution in [3.8, 4) is 0 Å². The van der Waals surface area contributed by atoms with Gasteiger partial charge in [0.25, 0.3) is 0 Å². The number of hydrogen-bond donors (Lipinski definition) is 2. The van der Waals surface area contributed by atoms with E-state index in [9.17, 15) is 14.4 Å². The third-order valence-electron chi connectivity index (χ3n) is 3.59. The standard InChI is InChI=1S/C17H22N2O7/c1-17(2)25-9-13(26-17)8-18-16(22)19-12-6-10(14(20)23-3)5-11(7-12)15(21)24-4/h5-7,13H,8-9H2,1-4H3,(H2,18,19,22). The van der Waals surface area contributed by atoms with E-state index in [1.807, 2.05) is 0 Å². The van der Waals surface area contributed by atoms with Gasteiger partial charge in [-0.1, -0.05) is 0 Å². The molecule has 1 aromatic rings. The van der Waals surface area contributed by atoms with Crippen LogP contribution in [0.15, 0.2) is 18.2 Å². The molecule has 1 saturated heterocycles. The van der Waals surface area contributed by atoms with Crippen LogP contribution in [0.3, 0.4) is 0 Å². The zero-order chi connectivity index (χ0) is 19.3. The molecular weight excluding hydrogens is 344 g/mol. The van der Waals surface area contributed by atoms with Gasteiger partial charge in [0.1, 0.15) is 6.10 Å². The smallest absolute Gasteiger partial charge is 0.337 e. The predicted molar refractivity (Wildman–Crippen MR) is 91.0 cm³/mol.